The fourth-order valence-corrected chi connectivity index (χ4v) is 6.07. The third-order valence-corrected chi connectivity index (χ3v) is 7.74. The summed E-state index contributed by atoms with van der Waals surface area (Å²) in [6.45, 7) is 3.03. The molecule has 0 unspecified atom stereocenters. The van der Waals surface area contributed by atoms with Gasteiger partial charge in [-0.2, -0.15) is 0 Å². The van der Waals surface area contributed by atoms with E-state index < -0.39 is 12.0 Å². The number of rotatable bonds is 7. The Labute approximate surface area is 196 Å². The Hall–Kier alpha value is -2.48. The number of carbonyl (C=O) groups excluding carboxylic acids is 2. The normalized spacial score (nSPS) is 27.8. The number of piperidine rings is 2. The van der Waals surface area contributed by atoms with Crippen molar-refractivity contribution in [2.75, 3.05) is 48.0 Å². The van der Waals surface area contributed by atoms with Gasteiger partial charge in [0.15, 0.2) is 11.5 Å². The largest absolute Gasteiger partial charge is 0.493 e. The van der Waals surface area contributed by atoms with Gasteiger partial charge in [-0.1, -0.05) is 6.42 Å². The van der Waals surface area contributed by atoms with Crippen molar-refractivity contribution in [3.63, 3.8) is 0 Å². The van der Waals surface area contributed by atoms with Gasteiger partial charge in [0.2, 0.25) is 17.6 Å². The molecular weight excluding hydrogens is 422 g/mol. The summed E-state index contributed by atoms with van der Waals surface area (Å²) in [6.07, 6.45) is 6.29. The highest BCUT2D eigenvalue weighted by atomic mass is 16.5. The van der Waals surface area contributed by atoms with Crippen molar-refractivity contribution in [3.05, 3.63) is 17.7 Å². The number of carbonyl (C=O) groups is 2. The lowest BCUT2D eigenvalue weighted by molar-refractivity contribution is -0.128. The molecule has 3 fully saturated rings. The molecule has 1 N–H and O–H groups in total. The molecule has 0 saturated carbocycles. The lowest BCUT2D eigenvalue weighted by atomic mass is 9.83. The number of fused-ring (bicyclic) bond motifs is 1. The molecule has 3 aliphatic rings. The first-order valence-electron chi connectivity index (χ1n) is 12.1. The Bertz CT molecular complexity index is 874. The molecule has 0 aliphatic carbocycles. The molecule has 8 nitrogen and oxygen atoms in total. The van der Waals surface area contributed by atoms with Crippen LogP contribution in [0.1, 0.15) is 50.1 Å². The van der Waals surface area contributed by atoms with Crippen LogP contribution in [-0.2, 0) is 9.59 Å². The van der Waals surface area contributed by atoms with E-state index in [4.69, 9.17) is 14.2 Å². The summed E-state index contributed by atoms with van der Waals surface area (Å²) < 4.78 is 16.6. The molecule has 4 rings (SSSR count). The number of hydrogen-bond acceptors (Lipinski definition) is 6. The Kier molecular flexibility index (Phi) is 7.32. The quantitative estimate of drug-likeness (QED) is 0.675. The number of likely N-dealkylation sites (tertiary alicyclic amines) is 1. The fourth-order valence-electron chi connectivity index (χ4n) is 6.07. The second-order valence-electron chi connectivity index (χ2n) is 9.43. The van der Waals surface area contributed by atoms with Gasteiger partial charge >= 0.3 is 0 Å². The van der Waals surface area contributed by atoms with Gasteiger partial charge in [0.05, 0.1) is 33.3 Å². The second-order valence-corrected chi connectivity index (χ2v) is 9.43. The summed E-state index contributed by atoms with van der Waals surface area (Å²) >= 11 is 0. The van der Waals surface area contributed by atoms with Crippen molar-refractivity contribution in [1.82, 2.24) is 15.1 Å². The lowest BCUT2D eigenvalue weighted by Crippen LogP contribution is -2.51. The minimum absolute atomic E-state index is 0.0480. The summed E-state index contributed by atoms with van der Waals surface area (Å²) in [5, 5.41) is 3.22. The van der Waals surface area contributed by atoms with Crippen molar-refractivity contribution in [2.45, 2.75) is 50.6 Å². The van der Waals surface area contributed by atoms with E-state index >= 15 is 0 Å². The number of ether oxygens (including phenoxy) is 3. The first-order valence-corrected chi connectivity index (χ1v) is 12.1. The Balaban J connectivity index is 1.53. The van der Waals surface area contributed by atoms with Crippen molar-refractivity contribution in [2.24, 2.45) is 11.8 Å². The maximum absolute atomic E-state index is 13.4. The van der Waals surface area contributed by atoms with Crippen molar-refractivity contribution in [1.29, 1.82) is 0 Å². The number of methoxy groups -OCH3 is 3. The monoisotopic (exact) mass is 459 g/mol. The minimum atomic E-state index is -0.486. The predicted molar refractivity (Wildman–Crippen MR) is 125 cm³/mol. The molecule has 3 saturated heterocycles. The Morgan fingerprint density at radius 3 is 2.52 bits per heavy atom. The number of hydrogen-bond donors (Lipinski definition) is 1. The third-order valence-electron chi connectivity index (χ3n) is 7.74. The van der Waals surface area contributed by atoms with Gasteiger partial charge in [-0.15, -0.1) is 0 Å². The van der Waals surface area contributed by atoms with Crippen LogP contribution in [0.15, 0.2) is 12.1 Å². The van der Waals surface area contributed by atoms with Gasteiger partial charge in [-0.05, 0) is 56.8 Å². The minimum Gasteiger partial charge on any atom is -0.493 e. The molecule has 182 valence electrons. The Morgan fingerprint density at radius 2 is 1.79 bits per heavy atom. The molecule has 0 radical (unpaired) electrons. The van der Waals surface area contributed by atoms with Crippen molar-refractivity contribution < 1.29 is 23.8 Å². The zero-order valence-electron chi connectivity index (χ0n) is 20.3. The van der Waals surface area contributed by atoms with Gasteiger partial charge in [0.25, 0.3) is 0 Å². The number of benzene rings is 1. The summed E-state index contributed by atoms with van der Waals surface area (Å²) in [4.78, 5) is 30.3. The van der Waals surface area contributed by atoms with E-state index in [0.29, 0.717) is 35.8 Å². The van der Waals surface area contributed by atoms with Crippen molar-refractivity contribution >= 4 is 11.8 Å². The summed E-state index contributed by atoms with van der Waals surface area (Å²) in [5.41, 5.74) is 0.750. The van der Waals surface area contributed by atoms with Crippen LogP contribution in [-0.4, -0.2) is 75.7 Å². The molecule has 1 aromatic rings. The van der Waals surface area contributed by atoms with Crippen LogP contribution < -0.4 is 19.5 Å². The highest BCUT2D eigenvalue weighted by Gasteiger charge is 2.45. The van der Waals surface area contributed by atoms with Crippen LogP contribution in [0.25, 0.3) is 0 Å². The first kappa shape index (κ1) is 23.7. The molecule has 2 amide bonds. The molecule has 0 spiro atoms. The first-order chi connectivity index (χ1) is 16.0. The average molecular weight is 460 g/mol. The molecule has 33 heavy (non-hydrogen) atoms. The van der Waals surface area contributed by atoms with E-state index in [2.05, 4.69) is 10.2 Å². The van der Waals surface area contributed by atoms with Crippen LogP contribution in [0.5, 0.6) is 17.2 Å². The van der Waals surface area contributed by atoms with Gasteiger partial charge in [-0.3, -0.25) is 9.59 Å². The summed E-state index contributed by atoms with van der Waals surface area (Å²) in [6, 6.07) is 3.80. The number of nitrogens with zero attached hydrogens (tertiary/aromatic N) is 2. The summed E-state index contributed by atoms with van der Waals surface area (Å²) in [5.74, 6) is 1.37. The topological polar surface area (TPSA) is 80.3 Å². The van der Waals surface area contributed by atoms with Crippen LogP contribution in [0.4, 0.5) is 0 Å². The summed E-state index contributed by atoms with van der Waals surface area (Å²) in [7, 11) is 6.43. The van der Waals surface area contributed by atoms with Gasteiger partial charge in [0, 0.05) is 31.6 Å². The molecule has 8 heteroatoms. The van der Waals surface area contributed by atoms with Crippen LogP contribution in [0, 0.1) is 11.8 Å². The standard InChI is InChI=1S/C25H37N3O5/c1-27-21(29)14-18(22(27)17-10-11-20(31-2)24(33-4)23(17)32-3)25(30)26-15-16-8-7-13-28-12-6-5-9-19(16)28/h10-11,16,18-19,22H,5-9,12-15H2,1-4H3,(H,26,30)/t16-,18+,19+,22+/m0/s1. The predicted octanol–water partition coefficient (Wildman–Crippen LogP) is 2.61. The highest BCUT2D eigenvalue weighted by Crippen LogP contribution is 2.47. The third kappa shape index (κ3) is 4.50. The molecule has 0 aromatic heterocycles. The maximum atomic E-state index is 13.4. The zero-order valence-corrected chi connectivity index (χ0v) is 20.3. The SMILES string of the molecule is COc1ccc([C@@H]2[C@H](C(=O)NC[C@@H]3CCCN4CCCC[C@H]34)CC(=O)N2C)c(OC)c1OC. The average Bonchev–Trinajstić information content (AvgIpc) is 3.15. The molecule has 0 bridgehead atoms. The van der Waals surface area contributed by atoms with Gasteiger partial charge in [-0.25, -0.2) is 0 Å². The fraction of sp³-hybridized carbons (Fsp3) is 0.680. The molecule has 3 heterocycles. The zero-order chi connectivity index (χ0) is 23.5. The molecular formula is C25H37N3O5. The lowest BCUT2D eigenvalue weighted by Gasteiger charge is -2.44. The number of amides is 2. The van der Waals surface area contributed by atoms with Crippen molar-refractivity contribution in [3.8, 4) is 17.2 Å². The highest BCUT2D eigenvalue weighted by molar-refractivity contribution is 5.90. The van der Waals surface area contributed by atoms with Gasteiger partial charge in [0.1, 0.15) is 0 Å². The van der Waals surface area contributed by atoms with Crippen LogP contribution in [0.2, 0.25) is 0 Å². The second kappa shape index (κ2) is 10.2. The smallest absolute Gasteiger partial charge is 0.226 e. The van der Waals surface area contributed by atoms with Crippen LogP contribution in [0.3, 0.4) is 0 Å². The molecule has 4 atom stereocenters. The molecule has 3 aliphatic heterocycles. The molecule has 1 aromatic carbocycles. The van der Waals surface area contributed by atoms with E-state index in [0.717, 1.165) is 12.0 Å². The number of nitrogens with one attached hydrogen (secondary N) is 1. The van der Waals surface area contributed by atoms with E-state index in [9.17, 15) is 9.59 Å². The Morgan fingerprint density at radius 1 is 1.03 bits per heavy atom. The van der Waals surface area contributed by atoms with E-state index in [-0.39, 0.29) is 18.2 Å². The van der Waals surface area contributed by atoms with Crippen LogP contribution >= 0.6 is 0 Å². The maximum Gasteiger partial charge on any atom is 0.226 e. The van der Waals surface area contributed by atoms with E-state index in [1.165, 1.54) is 38.8 Å². The van der Waals surface area contributed by atoms with Gasteiger partial charge < -0.3 is 29.3 Å². The van der Waals surface area contributed by atoms with E-state index in [1.807, 2.05) is 6.07 Å². The van der Waals surface area contributed by atoms with E-state index in [1.54, 1.807) is 39.3 Å².